The first-order chi connectivity index (χ1) is 7.66. The fourth-order valence-corrected chi connectivity index (χ4v) is 4.73. The number of nitrogens with zero attached hydrogens (tertiary/aromatic N) is 1. The number of sulfonamides is 1. The summed E-state index contributed by atoms with van der Waals surface area (Å²) >= 11 is 1.24. The summed E-state index contributed by atoms with van der Waals surface area (Å²) in [4.78, 5) is 4.57. The molecule has 7 heteroatoms. The normalized spacial score (nSPS) is 22.7. The third kappa shape index (κ3) is 2.14. The van der Waals surface area contributed by atoms with Crippen LogP contribution in [0, 0.1) is 0 Å². The molecule has 0 bridgehead atoms. The Bertz CT molecular complexity index is 430. The van der Waals surface area contributed by atoms with Gasteiger partial charge in [0.05, 0.1) is 12.6 Å². The molecule has 1 unspecified atom stereocenters. The third-order valence-electron chi connectivity index (χ3n) is 2.67. The van der Waals surface area contributed by atoms with E-state index >= 15 is 0 Å². The number of hydrogen-bond donors (Lipinski definition) is 1. The van der Waals surface area contributed by atoms with Crippen molar-refractivity contribution in [2.24, 2.45) is 5.90 Å². The molecule has 2 rings (SSSR count). The summed E-state index contributed by atoms with van der Waals surface area (Å²) in [5.41, 5.74) is 0. The van der Waals surface area contributed by atoms with Gasteiger partial charge in [-0.2, -0.15) is 4.31 Å². The van der Waals surface area contributed by atoms with Gasteiger partial charge in [-0.3, -0.25) is 0 Å². The number of hydrogen-bond acceptors (Lipinski definition) is 5. The monoisotopic (exact) mass is 262 g/mol. The van der Waals surface area contributed by atoms with E-state index in [9.17, 15) is 8.42 Å². The van der Waals surface area contributed by atoms with Crippen LogP contribution in [-0.2, 0) is 14.9 Å². The van der Waals surface area contributed by atoms with E-state index in [2.05, 4.69) is 4.84 Å². The molecule has 1 fully saturated rings. The molecule has 1 aromatic rings. The molecular formula is C9H14N2O3S2. The van der Waals surface area contributed by atoms with Crippen LogP contribution < -0.4 is 5.90 Å². The van der Waals surface area contributed by atoms with E-state index in [1.807, 2.05) is 0 Å². The molecular weight excluding hydrogens is 248 g/mol. The maximum absolute atomic E-state index is 12.2. The summed E-state index contributed by atoms with van der Waals surface area (Å²) < 4.78 is 26.3. The zero-order chi connectivity index (χ0) is 11.6. The van der Waals surface area contributed by atoms with Crippen LogP contribution in [0.1, 0.15) is 12.8 Å². The van der Waals surface area contributed by atoms with Crippen molar-refractivity contribution in [3.63, 3.8) is 0 Å². The fraction of sp³-hybridized carbons (Fsp3) is 0.556. The van der Waals surface area contributed by atoms with E-state index in [1.54, 1.807) is 17.5 Å². The number of thiophene rings is 1. The Balaban J connectivity index is 2.24. The molecule has 1 atom stereocenters. The maximum Gasteiger partial charge on any atom is 0.252 e. The van der Waals surface area contributed by atoms with Crippen LogP contribution in [0.15, 0.2) is 21.7 Å². The van der Waals surface area contributed by atoms with Crippen LogP contribution in [0.25, 0.3) is 0 Å². The van der Waals surface area contributed by atoms with Crippen LogP contribution in [0.2, 0.25) is 0 Å². The highest BCUT2D eigenvalue weighted by molar-refractivity contribution is 7.91. The summed E-state index contributed by atoms with van der Waals surface area (Å²) in [6.07, 6.45) is 1.67. The topological polar surface area (TPSA) is 72.6 Å². The molecule has 0 amide bonds. The number of rotatable bonds is 4. The molecule has 90 valence electrons. The van der Waals surface area contributed by atoms with Crippen LogP contribution in [0.3, 0.4) is 0 Å². The quantitative estimate of drug-likeness (QED) is 0.814. The minimum Gasteiger partial charge on any atom is -0.303 e. The molecule has 2 heterocycles. The summed E-state index contributed by atoms with van der Waals surface area (Å²) in [5, 5.41) is 1.76. The molecule has 1 aromatic heterocycles. The molecule has 0 spiro atoms. The highest BCUT2D eigenvalue weighted by Gasteiger charge is 2.35. The second-order valence-corrected chi connectivity index (χ2v) is 6.74. The molecule has 0 saturated carbocycles. The lowest BCUT2D eigenvalue weighted by atomic mass is 10.2. The fourth-order valence-electron chi connectivity index (χ4n) is 1.93. The summed E-state index contributed by atoms with van der Waals surface area (Å²) in [7, 11) is -3.35. The Morgan fingerprint density at radius 2 is 2.44 bits per heavy atom. The lowest BCUT2D eigenvalue weighted by Crippen LogP contribution is -2.38. The zero-order valence-corrected chi connectivity index (χ0v) is 10.3. The first-order valence-corrected chi connectivity index (χ1v) is 7.35. The van der Waals surface area contributed by atoms with Gasteiger partial charge in [0.1, 0.15) is 4.21 Å². The first-order valence-electron chi connectivity index (χ1n) is 5.03. The zero-order valence-electron chi connectivity index (χ0n) is 8.70. The van der Waals surface area contributed by atoms with Gasteiger partial charge in [-0.25, -0.2) is 14.3 Å². The second kappa shape index (κ2) is 4.80. The molecule has 1 aliphatic rings. The molecule has 16 heavy (non-hydrogen) atoms. The van der Waals surface area contributed by atoms with Crippen molar-refractivity contribution in [3.8, 4) is 0 Å². The van der Waals surface area contributed by atoms with Crippen molar-refractivity contribution in [2.75, 3.05) is 13.2 Å². The van der Waals surface area contributed by atoms with Gasteiger partial charge in [0, 0.05) is 6.54 Å². The van der Waals surface area contributed by atoms with Gasteiger partial charge in [-0.15, -0.1) is 11.3 Å². The van der Waals surface area contributed by atoms with Crippen molar-refractivity contribution in [3.05, 3.63) is 17.5 Å². The molecule has 0 aliphatic carbocycles. The average Bonchev–Trinajstić information content (AvgIpc) is 2.88. The Morgan fingerprint density at radius 1 is 1.62 bits per heavy atom. The van der Waals surface area contributed by atoms with E-state index in [4.69, 9.17) is 5.90 Å². The standard InChI is InChI=1S/C9H14N2O3S2/c10-14-7-8-3-1-5-11(8)16(12,13)9-4-2-6-15-9/h2,4,6,8H,1,3,5,7,10H2. The van der Waals surface area contributed by atoms with Crippen LogP contribution >= 0.6 is 11.3 Å². The van der Waals surface area contributed by atoms with Crippen molar-refractivity contribution >= 4 is 21.4 Å². The van der Waals surface area contributed by atoms with Gasteiger partial charge < -0.3 is 4.84 Å². The Morgan fingerprint density at radius 3 is 3.06 bits per heavy atom. The molecule has 5 nitrogen and oxygen atoms in total. The van der Waals surface area contributed by atoms with Gasteiger partial charge in [0.25, 0.3) is 10.0 Å². The largest absolute Gasteiger partial charge is 0.303 e. The smallest absolute Gasteiger partial charge is 0.252 e. The molecule has 1 saturated heterocycles. The van der Waals surface area contributed by atoms with Crippen LogP contribution in [0.5, 0.6) is 0 Å². The Kier molecular flexibility index (Phi) is 3.60. The van der Waals surface area contributed by atoms with E-state index in [-0.39, 0.29) is 12.6 Å². The minimum atomic E-state index is -3.35. The molecule has 0 radical (unpaired) electrons. The van der Waals surface area contributed by atoms with Gasteiger partial charge >= 0.3 is 0 Å². The highest BCUT2D eigenvalue weighted by atomic mass is 32.2. The predicted molar refractivity (Wildman–Crippen MR) is 61.4 cm³/mol. The molecule has 2 N–H and O–H groups in total. The van der Waals surface area contributed by atoms with Gasteiger partial charge in [-0.1, -0.05) is 6.07 Å². The molecule has 0 aromatic carbocycles. The highest BCUT2D eigenvalue weighted by Crippen LogP contribution is 2.28. The van der Waals surface area contributed by atoms with Gasteiger partial charge in [0.15, 0.2) is 0 Å². The first kappa shape index (κ1) is 12.0. The van der Waals surface area contributed by atoms with Crippen LogP contribution in [0.4, 0.5) is 0 Å². The van der Waals surface area contributed by atoms with Crippen molar-refractivity contribution in [1.82, 2.24) is 4.31 Å². The van der Waals surface area contributed by atoms with Gasteiger partial charge in [-0.05, 0) is 24.3 Å². The lowest BCUT2D eigenvalue weighted by Gasteiger charge is -2.22. The van der Waals surface area contributed by atoms with E-state index in [1.165, 1.54) is 15.6 Å². The lowest BCUT2D eigenvalue weighted by molar-refractivity contribution is 0.101. The second-order valence-electron chi connectivity index (χ2n) is 3.68. The SMILES string of the molecule is NOCC1CCCN1S(=O)(=O)c1cccs1. The van der Waals surface area contributed by atoms with Gasteiger partial charge in [0.2, 0.25) is 0 Å². The van der Waals surface area contributed by atoms with Crippen molar-refractivity contribution in [1.29, 1.82) is 0 Å². The Hall–Kier alpha value is -0.470. The van der Waals surface area contributed by atoms with E-state index in [0.29, 0.717) is 10.8 Å². The third-order valence-corrected chi connectivity index (χ3v) is 5.99. The molecule has 1 aliphatic heterocycles. The van der Waals surface area contributed by atoms with E-state index < -0.39 is 10.0 Å². The summed E-state index contributed by atoms with van der Waals surface area (Å²) in [6, 6.07) is 3.23. The average molecular weight is 262 g/mol. The maximum atomic E-state index is 12.2. The summed E-state index contributed by atoms with van der Waals surface area (Å²) in [5.74, 6) is 5.01. The van der Waals surface area contributed by atoms with Crippen molar-refractivity contribution < 1.29 is 13.3 Å². The predicted octanol–water partition coefficient (Wildman–Crippen LogP) is 0.791. The minimum absolute atomic E-state index is 0.128. The number of nitrogens with two attached hydrogens (primary N) is 1. The van der Waals surface area contributed by atoms with Crippen molar-refractivity contribution in [2.45, 2.75) is 23.1 Å². The van der Waals surface area contributed by atoms with E-state index in [0.717, 1.165) is 12.8 Å². The van der Waals surface area contributed by atoms with Crippen LogP contribution in [-0.4, -0.2) is 31.9 Å². The summed E-state index contributed by atoms with van der Waals surface area (Å²) in [6.45, 7) is 0.804. The Labute approximate surface area is 98.8 Å².